The molecule has 0 spiro atoms. The summed E-state index contributed by atoms with van der Waals surface area (Å²) in [6, 6.07) is 7.25. The Morgan fingerprint density at radius 1 is 1.43 bits per heavy atom. The van der Waals surface area contributed by atoms with E-state index in [0.29, 0.717) is 35.9 Å². The van der Waals surface area contributed by atoms with Crippen molar-refractivity contribution in [2.45, 2.75) is 13.0 Å². The molecule has 23 heavy (non-hydrogen) atoms. The van der Waals surface area contributed by atoms with Gasteiger partial charge in [0.05, 0.1) is 23.0 Å². The molecular weight excluding hydrogens is 316 g/mol. The highest BCUT2D eigenvalue weighted by Gasteiger charge is 2.25. The van der Waals surface area contributed by atoms with E-state index in [4.69, 9.17) is 11.6 Å². The van der Waals surface area contributed by atoms with E-state index in [-0.39, 0.29) is 11.8 Å². The number of aliphatic hydroxyl groups excluding tert-OH is 1. The Bertz CT molecular complexity index is 699. The standard InChI is InChI=1S/C16H19ClN4O2/c1-10-14(16(23)19-7-11-6-18-8-15(11)22)9-21(20-10)13-4-2-12(17)3-5-13/h2-5,9,11,15,18,22H,6-8H2,1H3,(H,19,23). The Balaban J connectivity index is 1.70. The van der Waals surface area contributed by atoms with Crippen LogP contribution in [0, 0.1) is 12.8 Å². The van der Waals surface area contributed by atoms with E-state index < -0.39 is 6.10 Å². The smallest absolute Gasteiger partial charge is 0.254 e. The molecule has 1 aromatic heterocycles. The van der Waals surface area contributed by atoms with Crippen molar-refractivity contribution in [3.63, 3.8) is 0 Å². The number of nitrogens with zero attached hydrogens (tertiary/aromatic N) is 2. The second-order valence-electron chi connectivity index (χ2n) is 5.74. The van der Waals surface area contributed by atoms with Crippen molar-refractivity contribution in [2.75, 3.05) is 19.6 Å². The Hall–Kier alpha value is -1.89. The minimum atomic E-state index is -0.409. The van der Waals surface area contributed by atoms with Crippen LogP contribution in [0.15, 0.2) is 30.5 Å². The molecule has 0 aliphatic carbocycles. The number of rotatable bonds is 4. The van der Waals surface area contributed by atoms with Crippen LogP contribution in [0.25, 0.3) is 5.69 Å². The fraction of sp³-hybridized carbons (Fsp3) is 0.375. The molecule has 1 aliphatic rings. The fourth-order valence-electron chi connectivity index (χ4n) is 2.66. The molecule has 122 valence electrons. The summed E-state index contributed by atoms with van der Waals surface area (Å²) >= 11 is 5.88. The molecule has 0 saturated carbocycles. The van der Waals surface area contributed by atoms with Gasteiger partial charge >= 0.3 is 0 Å². The van der Waals surface area contributed by atoms with Gasteiger partial charge in [-0.1, -0.05) is 11.6 Å². The summed E-state index contributed by atoms with van der Waals surface area (Å²) in [4.78, 5) is 12.3. The van der Waals surface area contributed by atoms with Gasteiger partial charge in [0.25, 0.3) is 5.91 Å². The highest BCUT2D eigenvalue weighted by Crippen LogP contribution is 2.15. The summed E-state index contributed by atoms with van der Waals surface area (Å²) in [5, 5.41) is 20.8. The van der Waals surface area contributed by atoms with Crippen molar-refractivity contribution in [2.24, 2.45) is 5.92 Å². The molecule has 2 heterocycles. The molecular formula is C16H19ClN4O2. The van der Waals surface area contributed by atoms with Crippen LogP contribution in [0.2, 0.25) is 5.02 Å². The molecule has 2 atom stereocenters. The van der Waals surface area contributed by atoms with Crippen LogP contribution in [0.5, 0.6) is 0 Å². The van der Waals surface area contributed by atoms with E-state index in [1.807, 2.05) is 12.1 Å². The lowest BCUT2D eigenvalue weighted by Crippen LogP contribution is -2.34. The number of carbonyl (C=O) groups is 1. The molecule has 0 radical (unpaired) electrons. The first kappa shape index (κ1) is 16.0. The van der Waals surface area contributed by atoms with Gasteiger partial charge in [0.2, 0.25) is 0 Å². The first-order valence-corrected chi connectivity index (χ1v) is 7.91. The average molecular weight is 335 g/mol. The second kappa shape index (κ2) is 6.70. The molecule has 2 aromatic rings. The average Bonchev–Trinajstić information content (AvgIpc) is 3.11. The number of aliphatic hydroxyl groups is 1. The molecule has 1 fully saturated rings. The Labute approximate surface area is 139 Å². The second-order valence-corrected chi connectivity index (χ2v) is 6.18. The van der Waals surface area contributed by atoms with Gasteiger partial charge in [0.1, 0.15) is 0 Å². The van der Waals surface area contributed by atoms with E-state index in [1.165, 1.54) is 0 Å². The van der Waals surface area contributed by atoms with Gasteiger partial charge in [0, 0.05) is 36.8 Å². The number of aryl methyl sites for hydroxylation is 1. The van der Waals surface area contributed by atoms with Gasteiger partial charge in [-0.3, -0.25) is 4.79 Å². The zero-order valence-electron chi connectivity index (χ0n) is 12.8. The zero-order valence-corrected chi connectivity index (χ0v) is 13.5. The number of carbonyl (C=O) groups excluding carboxylic acids is 1. The third-order valence-electron chi connectivity index (χ3n) is 4.06. The minimum absolute atomic E-state index is 0.0468. The number of aromatic nitrogens is 2. The minimum Gasteiger partial charge on any atom is -0.391 e. The van der Waals surface area contributed by atoms with Gasteiger partial charge in [-0.15, -0.1) is 0 Å². The lowest BCUT2D eigenvalue weighted by atomic mass is 10.1. The number of amides is 1. The van der Waals surface area contributed by atoms with E-state index in [2.05, 4.69) is 15.7 Å². The van der Waals surface area contributed by atoms with E-state index in [0.717, 1.165) is 5.69 Å². The summed E-state index contributed by atoms with van der Waals surface area (Å²) in [5.74, 6) is -0.132. The van der Waals surface area contributed by atoms with Crippen LogP contribution in [0.3, 0.4) is 0 Å². The predicted molar refractivity (Wildman–Crippen MR) is 88.0 cm³/mol. The number of β-amino-alcohol motifs (C(OH)–C–C–N with tert-alkyl or cyclic N) is 1. The van der Waals surface area contributed by atoms with Crippen molar-refractivity contribution in [1.29, 1.82) is 0 Å². The van der Waals surface area contributed by atoms with Crippen LogP contribution in [0.1, 0.15) is 16.1 Å². The number of nitrogens with one attached hydrogen (secondary N) is 2. The number of halogens is 1. The maximum atomic E-state index is 12.3. The van der Waals surface area contributed by atoms with Crippen molar-refractivity contribution < 1.29 is 9.90 Å². The first-order chi connectivity index (χ1) is 11.0. The Kier molecular flexibility index (Phi) is 4.66. The Morgan fingerprint density at radius 2 is 2.17 bits per heavy atom. The van der Waals surface area contributed by atoms with Crippen molar-refractivity contribution in [3.8, 4) is 5.69 Å². The largest absolute Gasteiger partial charge is 0.391 e. The summed E-state index contributed by atoms with van der Waals surface area (Å²) in [6.07, 6.45) is 1.30. The topological polar surface area (TPSA) is 79.2 Å². The quantitative estimate of drug-likeness (QED) is 0.783. The maximum absolute atomic E-state index is 12.3. The third kappa shape index (κ3) is 3.55. The van der Waals surface area contributed by atoms with Crippen molar-refractivity contribution in [3.05, 3.63) is 46.7 Å². The molecule has 1 aliphatic heterocycles. The van der Waals surface area contributed by atoms with Crippen molar-refractivity contribution in [1.82, 2.24) is 20.4 Å². The summed E-state index contributed by atoms with van der Waals surface area (Å²) < 4.78 is 1.66. The van der Waals surface area contributed by atoms with Gasteiger partial charge < -0.3 is 15.7 Å². The third-order valence-corrected chi connectivity index (χ3v) is 4.32. The fourth-order valence-corrected chi connectivity index (χ4v) is 2.78. The number of hydrogen-bond acceptors (Lipinski definition) is 4. The first-order valence-electron chi connectivity index (χ1n) is 7.54. The molecule has 1 saturated heterocycles. The van der Waals surface area contributed by atoms with Gasteiger partial charge in [0.15, 0.2) is 0 Å². The van der Waals surface area contributed by atoms with Crippen LogP contribution >= 0.6 is 11.6 Å². The maximum Gasteiger partial charge on any atom is 0.254 e. The van der Waals surface area contributed by atoms with Crippen molar-refractivity contribution >= 4 is 17.5 Å². The molecule has 3 rings (SSSR count). The van der Waals surface area contributed by atoms with Gasteiger partial charge in [-0.2, -0.15) is 5.10 Å². The number of benzene rings is 1. The van der Waals surface area contributed by atoms with Gasteiger partial charge in [-0.25, -0.2) is 4.68 Å². The molecule has 2 unspecified atom stereocenters. The zero-order chi connectivity index (χ0) is 16.4. The van der Waals surface area contributed by atoms with E-state index in [1.54, 1.807) is 29.9 Å². The highest BCUT2D eigenvalue weighted by molar-refractivity contribution is 6.30. The summed E-state index contributed by atoms with van der Waals surface area (Å²) in [5.41, 5.74) is 2.02. The predicted octanol–water partition coefficient (Wildman–Crippen LogP) is 1.14. The summed E-state index contributed by atoms with van der Waals surface area (Å²) in [6.45, 7) is 3.53. The van der Waals surface area contributed by atoms with E-state index in [9.17, 15) is 9.90 Å². The molecule has 1 aromatic carbocycles. The lowest BCUT2D eigenvalue weighted by molar-refractivity contribution is 0.0926. The molecule has 0 bridgehead atoms. The van der Waals surface area contributed by atoms with E-state index >= 15 is 0 Å². The van der Waals surface area contributed by atoms with Crippen LogP contribution in [0.4, 0.5) is 0 Å². The summed E-state index contributed by atoms with van der Waals surface area (Å²) in [7, 11) is 0. The monoisotopic (exact) mass is 334 g/mol. The Morgan fingerprint density at radius 3 is 2.83 bits per heavy atom. The van der Waals surface area contributed by atoms with Gasteiger partial charge in [-0.05, 0) is 31.2 Å². The molecule has 6 nitrogen and oxygen atoms in total. The molecule has 1 amide bonds. The van der Waals surface area contributed by atoms with Crippen LogP contribution < -0.4 is 10.6 Å². The van der Waals surface area contributed by atoms with Crippen LogP contribution in [-0.4, -0.2) is 46.5 Å². The SMILES string of the molecule is Cc1nn(-c2ccc(Cl)cc2)cc1C(=O)NCC1CNCC1O. The molecule has 3 N–H and O–H groups in total. The molecule has 7 heteroatoms. The highest BCUT2D eigenvalue weighted by atomic mass is 35.5. The number of hydrogen-bond donors (Lipinski definition) is 3. The van der Waals surface area contributed by atoms with Crippen LogP contribution in [-0.2, 0) is 0 Å². The normalized spacial score (nSPS) is 20.7. The lowest BCUT2D eigenvalue weighted by Gasteiger charge is -2.13.